The first-order valence-corrected chi connectivity index (χ1v) is 6.02. The van der Waals surface area contributed by atoms with Crippen LogP contribution in [0.15, 0.2) is 18.2 Å². The van der Waals surface area contributed by atoms with Gasteiger partial charge >= 0.3 is 6.18 Å². The molecule has 1 unspecified atom stereocenters. The monoisotopic (exact) mass is 276 g/mol. The van der Waals surface area contributed by atoms with Crippen LogP contribution in [-0.2, 0) is 6.42 Å². The maximum Gasteiger partial charge on any atom is 0.389 e. The molecule has 1 atom stereocenters. The van der Waals surface area contributed by atoms with Crippen molar-refractivity contribution >= 4 is 0 Å². The van der Waals surface area contributed by atoms with E-state index < -0.39 is 18.6 Å². The molecule has 0 aliphatic heterocycles. The molecule has 3 N–H and O–H groups in total. The molecule has 0 saturated heterocycles. The highest BCUT2D eigenvalue weighted by molar-refractivity contribution is 5.37. The SMILES string of the molecule is COc1ccc(C)cc1CC(CCC(F)(F)F)NN. The van der Waals surface area contributed by atoms with Gasteiger partial charge in [-0.05, 0) is 31.4 Å². The third-order valence-electron chi connectivity index (χ3n) is 2.91. The van der Waals surface area contributed by atoms with Gasteiger partial charge in [-0.2, -0.15) is 13.2 Å². The van der Waals surface area contributed by atoms with Crippen LogP contribution in [0.1, 0.15) is 24.0 Å². The molecular formula is C13H19F3N2O. The molecule has 108 valence electrons. The highest BCUT2D eigenvalue weighted by Gasteiger charge is 2.28. The first-order valence-electron chi connectivity index (χ1n) is 6.02. The average molecular weight is 276 g/mol. The number of hydrazine groups is 1. The number of methoxy groups -OCH3 is 1. The topological polar surface area (TPSA) is 47.3 Å². The number of nitrogens with two attached hydrogens (primary N) is 1. The van der Waals surface area contributed by atoms with Crippen LogP contribution >= 0.6 is 0 Å². The van der Waals surface area contributed by atoms with Crippen molar-refractivity contribution in [2.45, 2.75) is 38.4 Å². The molecule has 0 bridgehead atoms. The summed E-state index contributed by atoms with van der Waals surface area (Å²) < 4.78 is 41.8. The third-order valence-corrected chi connectivity index (χ3v) is 2.91. The summed E-state index contributed by atoms with van der Waals surface area (Å²) in [5, 5.41) is 0. The van der Waals surface area contributed by atoms with Crippen LogP contribution < -0.4 is 16.0 Å². The van der Waals surface area contributed by atoms with Crippen molar-refractivity contribution in [3.63, 3.8) is 0 Å². The Labute approximate surface area is 110 Å². The first-order chi connectivity index (χ1) is 8.85. The van der Waals surface area contributed by atoms with E-state index in [-0.39, 0.29) is 6.42 Å². The standard InChI is InChI=1S/C13H19F3N2O/c1-9-3-4-12(19-2)10(7-9)8-11(18-17)5-6-13(14,15)16/h3-4,7,11,18H,5-6,8,17H2,1-2H3. The minimum absolute atomic E-state index is 0.0584. The van der Waals surface area contributed by atoms with E-state index in [2.05, 4.69) is 5.43 Å². The molecule has 0 amide bonds. The highest BCUT2D eigenvalue weighted by atomic mass is 19.4. The second-order valence-electron chi connectivity index (χ2n) is 4.54. The minimum Gasteiger partial charge on any atom is -0.496 e. The third kappa shape index (κ3) is 5.48. The number of benzene rings is 1. The number of hydrogen-bond donors (Lipinski definition) is 2. The Bertz CT molecular complexity index is 407. The number of ether oxygens (including phenoxy) is 1. The van der Waals surface area contributed by atoms with Crippen LogP contribution in [0, 0.1) is 6.92 Å². The van der Waals surface area contributed by atoms with Gasteiger partial charge in [-0.1, -0.05) is 17.7 Å². The molecule has 0 aromatic heterocycles. The Morgan fingerprint density at radius 3 is 2.58 bits per heavy atom. The molecular weight excluding hydrogens is 257 g/mol. The van der Waals surface area contributed by atoms with Crippen LogP contribution in [0.3, 0.4) is 0 Å². The van der Waals surface area contributed by atoms with E-state index >= 15 is 0 Å². The molecule has 0 aliphatic rings. The lowest BCUT2D eigenvalue weighted by Crippen LogP contribution is -2.37. The van der Waals surface area contributed by atoms with Gasteiger partial charge in [-0.3, -0.25) is 11.3 Å². The maximum atomic E-state index is 12.2. The number of rotatable bonds is 6. The molecule has 6 heteroatoms. The highest BCUT2D eigenvalue weighted by Crippen LogP contribution is 2.25. The lowest BCUT2D eigenvalue weighted by molar-refractivity contribution is -0.136. The molecule has 1 aromatic carbocycles. The van der Waals surface area contributed by atoms with Crippen LogP contribution in [0.2, 0.25) is 0 Å². The van der Waals surface area contributed by atoms with Gasteiger partial charge < -0.3 is 4.74 Å². The molecule has 1 aromatic rings. The molecule has 0 radical (unpaired) electrons. The van der Waals surface area contributed by atoms with Crippen molar-refractivity contribution in [3.05, 3.63) is 29.3 Å². The fourth-order valence-electron chi connectivity index (χ4n) is 1.91. The predicted molar refractivity (Wildman–Crippen MR) is 67.8 cm³/mol. The Balaban J connectivity index is 2.72. The Morgan fingerprint density at radius 2 is 2.05 bits per heavy atom. The number of hydrogen-bond acceptors (Lipinski definition) is 3. The first kappa shape index (κ1) is 15.8. The van der Waals surface area contributed by atoms with Gasteiger partial charge in [0.1, 0.15) is 5.75 Å². The van der Waals surface area contributed by atoms with E-state index in [1.165, 1.54) is 7.11 Å². The van der Waals surface area contributed by atoms with Crippen molar-refractivity contribution in [3.8, 4) is 5.75 Å². The van der Waals surface area contributed by atoms with Crippen molar-refractivity contribution < 1.29 is 17.9 Å². The van der Waals surface area contributed by atoms with Crippen LogP contribution in [0.5, 0.6) is 5.75 Å². The zero-order chi connectivity index (χ0) is 14.5. The van der Waals surface area contributed by atoms with Gasteiger partial charge in [0, 0.05) is 12.5 Å². The normalized spacial score (nSPS) is 13.4. The lowest BCUT2D eigenvalue weighted by Gasteiger charge is -2.18. The number of halogens is 3. The largest absolute Gasteiger partial charge is 0.496 e. The molecule has 0 saturated carbocycles. The number of aryl methyl sites for hydroxylation is 1. The zero-order valence-corrected chi connectivity index (χ0v) is 11.1. The maximum absolute atomic E-state index is 12.2. The molecule has 0 heterocycles. The molecule has 19 heavy (non-hydrogen) atoms. The van der Waals surface area contributed by atoms with Crippen molar-refractivity contribution in [2.75, 3.05) is 7.11 Å². The zero-order valence-electron chi connectivity index (χ0n) is 11.1. The molecule has 1 rings (SSSR count). The van der Waals surface area contributed by atoms with E-state index in [1.807, 2.05) is 25.1 Å². The Hall–Kier alpha value is -1.27. The van der Waals surface area contributed by atoms with E-state index in [1.54, 1.807) is 0 Å². The second-order valence-corrected chi connectivity index (χ2v) is 4.54. The fraction of sp³-hybridized carbons (Fsp3) is 0.538. The van der Waals surface area contributed by atoms with Crippen LogP contribution in [-0.4, -0.2) is 19.3 Å². The van der Waals surface area contributed by atoms with Gasteiger partial charge in [0.15, 0.2) is 0 Å². The summed E-state index contributed by atoms with van der Waals surface area (Å²) in [5.41, 5.74) is 4.32. The number of nitrogens with one attached hydrogen (secondary N) is 1. The summed E-state index contributed by atoms with van der Waals surface area (Å²) >= 11 is 0. The summed E-state index contributed by atoms with van der Waals surface area (Å²) in [6.07, 6.45) is -4.67. The van der Waals surface area contributed by atoms with Gasteiger partial charge in [0.2, 0.25) is 0 Å². The fourth-order valence-corrected chi connectivity index (χ4v) is 1.91. The molecule has 0 spiro atoms. The average Bonchev–Trinajstić information content (AvgIpc) is 2.33. The quantitative estimate of drug-likeness (QED) is 0.620. The molecule has 0 aliphatic carbocycles. The van der Waals surface area contributed by atoms with Gasteiger partial charge in [0.25, 0.3) is 0 Å². The summed E-state index contributed by atoms with van der Waals surface area (Å²) in [7, 11) is 1.54. The van der Waals surface area contributed by atoms with E-state index in [0.717, 1.165) is 11.1 Å². The van der Waals surface area contributed by atoms with Gasteiger partial charge in [0.05, 0.1) is 7.11 Å². The van der Waals surface area contributed by atoms with E-state index in [4.69, 9.17) is 10.6 Å². The van der Waals surface area contributed by atoms with Crippen molar-refractivity contribution in [1.82, 2.24) is 5.43 Å². The smallest absolute Gasteiger partial charge is 0.389 e. The molecule has 0 fully saturated rings. The summed E-state index contributed by atoms with van der Waals surface area (Å²) in [6.45, 7) is 1.92. The van der Waals surface area contributed by atoms with Crippen LogP contribution in [0.4, 0.5) is 13.2 Å². The Kier molecular flexibility index (Phi) is 5.62. The summed E-state index contributed by atoms with van der Waals surface area (Å²) in [4.78, 5) is 0. The van der Waals surface area contributed by atoms with Crippen LogP contribution in [0.25, 0.3) is 0 Å². The summed E-state index contributed by atoms with van der Waals surface area (Å²) in [5.74, 6) is 5.99. The van der Waals surface area contributed by atoms with Crippen molar-refractivity contribution in [1.29, 1.82) is 0 Å². The predicted octanol–water partition coefficient (Wildman–Crippen LogP) is 2.72. The molecule has 3 nitrogen and oxygen atoms in total. The van der Waals surface area contributed by atoms with Gasteiger partial charge in [-0.25, -0.2) is 0 Å². The van der Waals surface area contributed by atoms with E-state index in [0.29, 0.717) is 12.2 Å². The lowest BCUT2D eigenvalue weighted by atomic mass is 10.00. The number of alkyl halides is 3. The minimum atomic E-state index is -4.16. The Morgan fingerprint density at radius 1 is 1.37 bits per heavy atom. The summed E-state index contributed by atoms with van der Waals surface area (Å²) in [6, 6.07) is 5.17. The van der Waals surface area contributed by atoms with E-state index in [9.17, 15) is 13.2 Å². The second kappa shape index (κ2) is 6.77. The van der Waals surface area contributed by atoms with Crippen molar-refractivity contribution in [2.24, 2.45) is 5.84 Å². The van der Waals surface area contributed by atoms with Gasteiger partial charge in [-0.15, -0.1) is 0 Å².